The average Bonchev–Trinajstić information content (AvgIpc) is 2.41. The van der Waals surface area contributed by atoms with Crippen LogP contribution >= 0.6 is 15.9 Å². The van der Waals surface area contributed by atoms with E-state index in [1.807, 2.05) is 24.3 Å². The molecule has 0 saturated carbocycles. The smallest absolute Gasteiger partial charge is 0.279 e. The van der Waals surface area contributed by atoms with Crippen LogP contribution in [0, 0.1) is 5.92 Å². The lowest BCUT2D eigenvalue weighted by molar-refractivity contribution is -0.899. The number of benzene rings is 1. The van der Waals surface area contributed by atoms with Crippen molar-refractivity contribution in [1.29, 1.82) is 0 Å². The molecule has 1 unspecified atom stereocenters. The van der Waals surface area contributed by atoms with Crippen LogP contribution in [-0.2, 0) is 9.59 Å². The topological polar surface area (TPSA) is 76.6 Å². The highest BCUT2D eigenvalue weighted by molar-refractivity contribution is 9.10. The number of likely N-dealkylation sites (tertiary alicyclic amines) is 1. The molecule has 1 aliphatic rings. The SMILES string of the molecule is NC(=O)[C@H]1CCC[NH+](CC(=O)Nc2ccc(Br)cc2)C1. The maximum absolute atomic E-state index is 12.0. The Kier molecular flexibility index (Phi) is 5.14. The molecule has 0 bridgehead atoms. The van der Waals surface area contributed by atoms with E-state index >= 15 is 0 Å². The molecular formula is C14H19BrN3O2+. The van der Waals surface area contributed by atoms with Gasteiger partial charge in [0.25, 0.3) is 5.91 Å². The van der Waals surface area contributed by atoms with Gasteiger partial charge in [0.1, 0.15) is 0 Å². The zero-order valence-corrected chi connectivity index (χ0v) is 12.8. The standard InChI is InChI=1S/C14H18BrN3O2/c15-11-3-5-12(6-4-11)17-13(19)9-18-7-1-2-10(8-18)14(16)20/h3-6,10H,1-2,7-9H2,(H2,16,20)(H,17,19)/p+1/t10-/m0/s1. The van der Waals surface area contributed by atoms with Gasteiger partial charge in [0.2, 0.25) is 5.91 Å². The van der Waals surface area contributed by atoms with E-state index in [9.17, 15) is 9.59 Å². The number of quaternary nitrogens is 1. The molecule has 20 heavy (non-hydrogen) atoms. The number of hydrogen-bond acceptors (Lipinski definition) is 2. The van der Waals surface area contributed by atoms with Gasteiger partial charge in [-0.1, -0.05) is 15.9 Å². The Morgan fingerprint density at radius 1 is 1.35 bits per heavy atom. The Balaban J connectivity index is 1.85. The van der Waals surface area contributed by atoms with Crippen LogP contribution in [0.5, 0.6) is 0 Å². The molecule has 2 rings (SSSR count). The maximum Gasteiger partial charge on any atom is 0.279 e. The lowest BCUT2D eigenvalue weighted by Crippen LogP contribution is -3.14. The molecule has 1 aromatic carbocycles. The Morgan fingerprint density at radius 2 is 2.05 bits per heavy atom. The van der Waals surface area contributed by atoms with E-state index in [4.69, 9.17) is 5.73 Å². The minimum Gasteiger partial charge on any atom is -0.369 e. The molecular weight excluding hydrogens is 322 g/mol. The first-order chi connectivity index (χ1) is 9.54. The van der Waals surface area contributed by atoms with E-state index in [-0.39, 0.29) is 17.7 Å². The van der Waals surface area contributed by atoms with Gasteiger partial charge < -0.3 is 16.0 Å². The lowest BCUT2D eigenvalue weighted by Gasteiger charge is -2.27. The fourth-order valence-electron chi connectivity index (χ4n) is 2.52. The van der Waals surface area contributed by atoms with Crippen LogP contribution in [-0.4, -0.2) is 31.4 Å². The summed E-state index contributed by atoms with van der Waals surface area (Å²) in [4.78, 5) is 24.3. The fraction of sp³-hybridized carbons (Fsp3) is 0.429. The monoisotopic (exact) mass is 340 g/mol. The summed E-state index contributed by atoms with van der Waals surface area (Å²) in [5.74, 6) is -0.387. The molecule has 1 aromatic rings. The number of piperidine rings is 1. The zero-order valence-electron chi connectivity index (χ0n) is 11.2. The van der Waals surface area contributed by atoms with Gasteiger partial charge in [0, 0.05) is 10.2 Å². The van der Waals surface area contributed by atoms with E-state index in [0.29, 0.717) is 13.1 Å². The molecule has 0 spiro atoms. The Morgan fingerprint density at radius 3 is 2.70 bits per heavy atom. The lowest BCUT2D eigenvalue weighted by atomic mass is 9.97. The van der Waals surface area contributed by atoms with Crippen molar-refractivity contribution >= 4 is 33.4 Å². The van der Waals surface area contributed by atoms with Crippen molar-refractivity contribution in [3.8, 4) is 0 Å². The number of rotatable bonds is 4. The Hall–Kier alpha value is -1.40. The average molecular weight is 341 g/mol. The fourth-order valence-corrected chi connectivity index (χ4v) is 2.78. The van der Waals surface area contributed by atoms with E-state index < -0.39 is 0 Å². The number of nitrogens with two attached hydrogens (primary N) is 1. The van der Waals surface area contributed by atoms with E-state index in [2.05, 4.69) is 21.2 Å². The van der Waals surface area contributed by atoms with Crippen LogP contribution in [0.4, 0.5) is 5.69 Å². The summed E-state index contributed by atoms with van der Waals surface area (Å²) in [7, 11) is 0. The second-order valence-corrected chi connectivity index (χ2v) is 6.09. The van der Waals surface area contributed by atoms with Crippen molar-refractivity contribution in [2.45, 2.75) is 12.8 Å². The van der Waals surface area contributed by atoms with Gasteiger partial charge in [0.15, 0.2) is 6.54 Å². The summed E-state index contributed by atoms with van der Waals surface area (Å²) in [5.41, 5.74) is 6.12. The molecule has 108 valence electrons. The molecule has 6 heteroatoms. The molecule has 4 N–H and O–H groups in total. The predicted molar refractivity (Wildman–Crippen MR) is 80.3 cm³/mol. The molecule has 5 nitrogen and oxygen atoms in total. The molecule has 1 aliphatic heterocycles. The summed E-state index contributed by atoms with van der Waals surface area (Å²) in [6.07, 6.45) is 1.78. The molecule has 0 aliphatic carbocycles. The maximum atomic E-state index is 12.0. The summed E-state index contributed by atoms with van der Waals surface area (Å²) in [6, 6.07) is 7.46. The van der Waals surface area contributed by atoms with Crippen LogP contribution < -0.4 is 16.0 Å². The molecule has 0 radical (unpaired) electrons. The minimum atomic E-state index is -0.254. The van der Waals surface area contributed by atoms with Gasteiger partial charge in [0.05, 0.1) is 19.0 Å². The van der Waals surface area contributed by atoms with Crippen molar-refractivity contribution in [2.24, 2.45) is 11.7 Å². The van der Waals surface area contributed by atoms with E-state index in [1.165, 1.54) is 0 Å². The third-order valence-corrected chi connectivity index (χ3v) is 4.09. The molecule has 0 aromatic heterocycles. The van der Waals surface area contributed by atoms with Crippen molar-refractivity contribution in [3.63, 3.8) is 0 Å². The third-order valence-electron chi connectivity index (χ3n) is 3.56. The molecule has 1 heterocycles. The van der Waals surface area contributed by atoms with E-state index in [0.717, 1.165) is 34.4 Å². The summed E-state index contributed by atoms with van der Waals surface area (Å²) in [6.45, 7) is 1.94. The van der Waals surface area contributed by atoms with Gasteiger partial charge in [-0.15, -0.1) is 0 Å². The number of primary amides is 1. The van der Waals surface area contributed by atoms with Crippen LogP contribution in [0.25, 0.3) is 0 Å². The molecule has 2 atom stereocenters. The second-order valence-electron chi connectivity index (χ2n) is 5.18. The first-order valence-corrected chi connectivity index (χ1v) is 7.52. The minimum absolute atomic E-state index is 0.0348. The molecule has 2 amide bonds. The first kappa shape index (κ1) is 15.0. The molecule has 1 saturated heterocycles. The second kappa shape index (κ2) is 6.85. The van der Waals surface area contributed by atoms with Gasteiger partial charge >= 0.3 is 0 Å². The number of hydrogen-bond donors (Lipinski definition) is 3. The highest BCUT2D eigenvalue weighted by atomic mass is 79.9. The van der Waals surface area contributed by atoms with Crippen molar-refractivity contribution in [1.82, 2.24) is 0 Å². The van der Waals surface area contributed by atoms with Crippen molar-refractivity contribution in [3.05, 3.63) is 28.7 Å². The van der Waals surface area contributed by atoms with E-state index in [1.54, 1.807) is 0 Å². The number of amides is 2. The van der Waals surface area contributed by atoms with Crippen molar-refractivity contribution in [2.75, 3.05) is 25.0 Å². The number of anilines is 1. The van der Waals surface area contributed by atoms with Gasteiger partial charge in [-0.3, -0.25) is 9.59 Å². The number of carbonyl (C=O) groups excluding carboxylic acids is 2. The quantitative estimate of drug-likeness (QED) is 0.730. The summed E-state index contributed by atoms with van der Waals surface area (Å²) >= 11 is 3.35. The normalized spacial score (nSPS) is 22.2. The number of halogens is 1. The summed E-state index contributed by atoms with van der Waals surface area (Å²) < 4.78 is 0.974. The number of nitrogens with one attached hydrogen (secondary N) is 2. The van der Waals surface area contributed by atoms with Gasteiger partial charge in [-0.05, 0) is 37.1 Å². The van der Waals surface area contributed by atoms with Gasteiger partial charge in [-0.2, -0.15) is 0 Å². The first-order valence-electron chi connectivity index (χ1n) is 6.73. The number of carbonyl (C=O) groups is 2. The van der Waals surface area contributed by atoms with Gasteiger partial charge in [-0.25, -0.2) is 0 Å². The molecule has 1 fully saturated rings. The van der Waals surface area contributed by atoms with Crippen LogP contribution in [0.2, 0.25) is 0 Å². The van der Waals surface area contributed by atoms with Crippen LogP contribution in [0.15, 0.2) is 28.7 Å². The third kappa shape index (κ3) is 4.31. The highest BCUT2D eigenvalue weighted by Crippen LogP contribution is 2.13. The van der Waals surface area contributed by atoms with Crippen molar-refractivity contribution < 1.29 is 14.5 Å². The largest absolute Gasteiger partial charge is 0.369 e. The highest BCUT2D eigenvalue weighted by Gasteiger charge is 2.28. The summed E-state index contributed by atoms with van der Waals surface area (Å²) in [5, 5.41) is 2.86. The predicted octanol–water partition coefficient (Wildman–Crippen LogP) is 0.168. The Labute approximate surface area is 126 Å². The Bertz CT molecular complexity index is 490. The van der Waals surface area contributed by atoms with Crippen LogP contribution in [0.1, 0.15) is 12.8 Å². The van der Waals surface area contributed by atoms with Crippen LogP contribution in [0.3, 0.4) is 0 Å². The zero-order chi connectivity index (χ0) is 14.5.